The van der Waals surface area contributed by atoms with E-state index in [2.05, 4.69) is 4.98 Å². The molecule has 1 aromatic heterocycles. The fraction of sp³-hybridized carbons (Fsp3) is 0.600. The molecular formula is C10H12ClFN2O3. The molecule has 1 fully saturated rings. The summed E-state index contributed by atoms with van der Waals surface area (Å²) in [6, 6.07) is 0. The number of aromatic nitrogens is 2. The lowest BCUT2D eigenvalue weighted by molar-refractivity contribution is 0.00506. The summed E-state index contributed by atoms with van der Waals surface area (Å²) in [4.78, 5) is 25.6. The molecule has 0 spiro atoms. The summed E-state index contributed by atoms with van der Waals surface area (Å²) in [7, 11) is 0. The van der Waals surface area contributed by atoms with Gasteiger partial charge in [-0.3, -0.25) is 9.78 Å². The van der Waals surface area contributed by atoms with Gasteiger partial charge in [-0.15, -0.1) is 0 Å². The average molecular weight is 263 g/mol. The number of nitrogens with one attached hydrogen (secondary N) is 1. The van der Waals surface area contributed by atoms with E-state index in [1.165, 1.54) is 0 Å². The van der Waals surface area contributed by atoms with E-state index < -0.39 is 27.8 Å². The molecule has 94 valence electrons. The van der Waals surface area contributed by atoms with E-state index in [9.17, 15) is 14.0 Å². The third-order valence-corrected chi connectivity index (χ3v) is 3.22. The van der Waals surface area contributed by atoms with Crippen LogP contribution in [0.1, 0.15) is 19.8 Å². The molecule has 0 bridgehead atoms. The Hall–Kier alpha value is -1.14. The van der Waals surface area contributed by atoms with Crippen LogP contribution in [0.4, 0.5) is 4.39 Å². The van der Waals surface area contributed by atoms with E-state index in [4.69, 9.17) is 16.3 Å². The first-order valence-corrected chi connectivity index (χ1v) is 5.62. The molecule has 1 N–H and O–H groups in total. The van der Waals surface area contributed by atoms with Crippen LogP contribution in [-0.2, 0) is 10.3 Å². The summed E-state index contributed by atoms with van der Waals surface area (Å²) < 4.78 is 19.5. The molecule has 5 nitrogen and oxygen atoms in total. The van der Waals surface area contributed by atoms with Crippen LogP contribution >= 0.6 is 11.6 Å². The minimum absolute atomic E-state index is 0.205. The van der Waals surface area contributed by atoms with Crippen molar-refractivity contribution in [3.05, 3.63) is 31.8 Å². The van der Waals surface area contributed by atoms with Crippen molar-refractivity contribution in [2.24, 2.45) is 0 Å². The third-order valence-electron chi connectivity index (χ3n) is 2.96. The van der Waals surface area contributed by atoms with Gasteiger partial charge in [0.2, 0.25) is 5.82 Å². The molecule has 17 heavy (non-hydrogen) atoms. The average Bonchev–Trinajstić information content (AvgIpc) is 2.26. The zero-order valence-electron chi connectivity index (χ0n) is 9.26. The second-order valence-corrected chi connectivity index (χ2v) is 4.73. The zero-order chi connectivity index (χ0) is 12.6. The summed E-state index contributed by atoms with van der Waals surface area (Å²) in [5.74, 6) is -1.14. The maximum absolute atomic E-state index is 13.4. The molecule has 1 atom stereocenters. The van der Waals surface area contributed by atoms with E-state index in [-0.39, 0.29) is 6.61 Å². The van der Waals surface area contributed by atoms with Crippen LogP contribution < -0.4 is 11.2 Å². The van der Waals surface area contributed by atoms with Crippen LogP contribution in [0.3, 0.4) is 0 Å². The van der Waals surface area contributed by atoms with Crippen molar-refractivity contribution >= 4 is 11.6 Å². The van der Waals surface area contributed by atoms with Gasteiger partial charge < -0.3 is 4.74 Å². The Bertz CT molecular complexity index is 545. The van der Waals surface area contributed by atoms with Crippen LogP contribution in [-0.4, -0.2) is 22.8 Å². The van der Waals surface area contributed by atoms with Crippen LogP contribution in [0.15, 0.2) is 9.59 Å². The number of halogens is 2. The number of aromatic amines is 1. The minimum atomic E-state index is -1.14. The maximum atomic E-state index is 13.4. The highest BCUT2D eigenvalue weighted by molar-refractivity contribution is 6.29. The van der Waals surface area contributed by atoms with Crippen molar-refractivity contribution in [3.8, 4) is 0 Å². The summed E-state index contributed by atoms with van der Waals surface area (Å²) >= 11 is 5.40. The van der Waals surface area contributed by atoms with Crippen molar-refractivity contribution in [2.75, 3.05) is 13.2 Å². The molecule has 0 aromatic carbocycles. The van der Waals surface area contributed by atoms with Gasteiger partial charge in [0.15, 0.2) is 5.15 Å². The maximum Gasteiger partial charge on any atom is 0.330 e. The van der Waals surface area contributed by atoms with Crippen molar-refractivity contribution in [3.63, 3.8) is 0 Å². The lowest BCUT2D eigenvalue weighted by Gasteiger charge is -2.34. The second-order valence-electron chi connectivity index (χ2n) is 4.35. The van der Waals surface area contributed by atoms with Crippen LogP contribution in [0, 0.1) is 5.82 Å². The zero-order valence-corrected chi connectivity index (χ0v) is 10.0. The molecule has 0 aliphatic carbocycles. The highest BCUT2D eigenvalue weighted by Crippen LogP contribution is 2.24. The molecule has 2 rings (SSSR count). The van der Waals surface area contributed by atoms with E-state index in [1.807, 2.05) is 0 Å². The second kappa shape index (κ2) is 4.27. The predicted molar refractivity (Wildman–Crippen MR) is 60.0 cm³/mol. The standard InChI is InChI=1S/C10H12ClFN2O3/c1-10(3-2-4-17-5-10)14-8(15)6(12)7(11)13-9(14)16/h2-5H2,1H3,(H,13,16). The van der Waals surface area contributed by atoms with Gasteiger partial charge in [0.1, 0.15) is 0 Å². The fourth-order valence-electron chi connectivity index (χ4n) is 2.07. The molecule has 1 aliphatic heterocycles. The fourth-order valence-corrected chi connectivity index (χ4v) is 2.24. The van der Waals surface area contributed by atoms with Gasteiger partial charge in [-0.05, 0) is 19.8 Å². The van der Waals surface area contributed by atoms with E-state index >= 15 is 0 Å². The van der Waals surface area contributed by atoms with Gasteiger partial charge in [-0.25, -0.2) is 9.36 Å². The first-order chi connectivity index (χ1) is 7.96. The largest absolute Gasteiger partial charge is 0.379 e. The van der Waals surface area contributed by atoms with Gasteiger partial charge in [0.25, 0.3) is 5.56 Å². The number of ether oxygens (including phenoxy) is 1. The summed E-state index contributed by atoms with van der Waals surface area (Å²) in [6.45, 7) is 2.48. The Morgan fingerprint density at radius 1 is 1.53 bits per heavy atom. The number of rotatable bonds is 1. The third kappa shape index (κ3) is 2.02. The first-order valence-electron chi connectivity index (χ1n) is 5.24. The van der Waals surface area contributed by atoms with Gasteiger partial charge in [0, 0.05) is 6.61 Å². The number of nitrogens with zero attached hydrogens (tertiary/aromatic N) is 1. The van der Waals surface area contributed by atoms with E-state index in [0.29, 0.717) is 19.4 Å². The molecule has 0 radical (unpaired) electrons. The molecule has 2 heterocycles. The highest BCUT2D eigenvalue weighted by Gasteiger charge is 2.33. The number of hydrogen-bond acceptors (Lipinski definition) is 3. The molecular weight excluding hydrogens is 251 g/mol. The van der Waals surface area contributed by atoms with E-state index in [0.717, 1.165) is 4.57 Å². The van der Waals surface area contributed by atoms with Crippen molar-refractivity contribution in [1.82, 2.24) is 9.55 Å². The molecule has 1 aliphatic rings. The highest BCUT2D eigenvalue weighted by atomic mass is 35.5. The molecule has 0 saturated carbocycles. The Morgan fingerprint density at radius 3 is 2.82 bits per heavy atom. The molecule has 1 unspecified atom stereocenters. The summed E-state index contributed by atoms with van der Waals surface area (Å²) in [6.07, 6.45) is 1.30. The summed E-state index contributed by atoms with van der Waals surface area (Å²) in [5.41, 5.74) is -2.55. The Labute approximate surface area is 101 Å². The SMILES string of the molecule is CC1(n2c(=O)[nH]c(Cl)c(F)c2=O)CCCOC1. The Balaban J connectivity index is 2.63. The Morgan fingerprint density at radius 2 is 2.24 bits per heavy atom. The van der Waals surface area contributed by atoms with Crippen LogP contribution in [0.5, 0.6) is 0 Å². The lowest BCUT2D eigenvalue weighted by atomic mass is 9.94. The number of H-pyrrole nitrogens is 1. The first kappa shape index (κ1) is 12.3. The molecule has 0 amide bonds. The number of hydrogen-bond donors (Lipinski definition) is 1. The van der Waals surface area contributed by atoms with Crippen LogP contribution in [0.2, 0.25) is 5.15 Å². The van der Waals surface area contributed by atoms with E-state index in [1.54, 1.807) is 6.92 Å². The van der Waals surface area contributed by atoms with Gasteiger partial charge >= 0.3 is 5.69 Å². The van der Waals surface area contributed by atoms with Gasteiger partial charge in [0.05, 0.1) is 12.1 Å². The van der Waals surface area contributed by atoms with Gasteiger partial charge in [-0.2, -0.15) is 4.39 Å². The quantitative estimate of drug-likeness (QED) is 0.764. The summed E-state index contributed by atoms with van der Waals surface area (Å²) in [5, 5.41) is -0.559. The molecule has 7 heteroatoms. The minimum Gasteiger partial charge on any atom is -0.379 e. The molecule has 1 saturated heterocycles. The van der Waals surface area contributed by atoms with Crippen molar-refractivity contribution < 1.29 is 9.13 Å². The topological polar surface area (TPSA) is 64.1 Å². The van der Waals surface area contributed by atoms with Crippen LogP contribution in [0.25, 0.3) is 0 Å². The predicted octanol–water partition coefficient (Wildman–Crippen LogP) is 0.855. The molecule has 1 aromatic rings. The van der Waals surface area contributed by atoms with Crippen molar-refractivity contribution in [2.45, 2.75) is 25.3 Å². The monoisotopic (exact) mass is 262 g/mol. The lowest BCUT2D eigenvalue weighted by Crippen LogP contribution is -2.52. The van der Waals surface area contributed by atoms with Crippen molar-refractivity contribution in [1.29, 1.82) is 0 Å². The smallest absolute Gasteiger partial charge is 0.330 e. The van der Waals surface area contributed by atoms with Gasteiger partial charge in [-0.1, -0.05) is 11.6 Å². The Kier molecular flexibility index (Phi) is 3.09. The normalized spacial score (nSPS) is 24.9.